The number of aromatic amines is 1. The van der Waals surface area contributed by atoms with E-state index < -0.39 is 0 Å². The van der Waals surface area contributed by atoms with E-state index in [0.717, 1.165) is 11.1 Å². The Labute approximate surface area is 179 Å². The Morgan fingerprint density at radius 1 is 1.06 bits per heavy atom. The predicted octanol–water partition coefficient (Wildman–Crippen LogP) is 4.75. The molecule has 0 aliphatic carbocycles. The summed E-state index contributed by atoms with van der Waals surface area (Å²) in [5, 5.41) is 3.71. The molecule has 0 spiro atoms. The van der Waals surface area contributed by atoms with Crippen molar-refractivity contribution in [1.82, 2.24) is 9.88 Å². The van der Waals surface area contributed by atoms with Crippen LogP contribution >= 0.6 is 0 Å². The van der Waals surface area contributed by atoms with Gasteiger partial charge in [-0.25, -0.2) is 4.79 Å². The molecule has 0 fully saturated rings. The van der Waals surface area contributed by atoms with Gasteiger partial charge >= 0.3 is 6.03 Å². The van der Waals surface area contributed by atoms with E-state index in [-0.39, 0.29) is 24.7 Å². The lowest BCUT2D eigenvalue weighted by molar-refractivity contribution is 0.201. The maximum absolute atomic E-state index is 13.0. The number of rotatable bonds is 7. The van der Waals surface area contributed by atoms with Gasteiger partial charge in [-0.3, -0.25) is 4.79 Å². The van der Waals surface area contributed by atoms with Gasteiger partial charge < -0.3 is 24.4 Å². The molecule has 7 heteroatoms. The van der Waals surface area contributed by atoms with Crippen LogP contribution in [-0.2, 0) is 13.1 Å². The zero-order valence-electron chi connectivity index (χ0n) is 17.1. The number of H-pyrrole nitrogens is 1. The van der Waals surface area contributed by atoms with Crippen molar-refractivity contribution >= 4 is 22.6 Å². The molecule has 2 N–H and O–H groups in total. The SMILES string of the molecule is CCOc1ccc2[nH]c(=O)c(CN(Cc3ccco3)C(=O)Nc3ccccc3)cc2c1. The van der Waals surface area contributed by atoms with E-state index in [1.54, 1.807) is 36.6 Å². The largest absolute Gasteiger partial charge is 0.494 e. The second kappa shape index (κ2) is 9.21. The third kappa shape index (κ3) is 4.95. The number of benzene rings is 2. The summed E-state index contributed by atoms with van der Waals surface area (Å²) in [7, 11) is 0. The standard InChI is InChI=1S/C24H23N3O4/c1-2-30-20-10-11-22-17(14-20)13-18(23(28)26-22)15-27(16-21-9-6-12-31-21)24(29)25-19-7-4-3-5-8-19/h3-14H,2,15-16H2,1H3,(H,25,29)(H,26,28). The first-order valence-electron chi connectivity index (χ1n) is 10.0. The average Bonchev–Trinajstić information content (AvgIpc) is 3.28. The summed E-state index contributed by atoms with van der Waals surface area (Å²) in [6, 6.07) is 19.7. The molecule has 0 unspecified atom stereocenters. The molecule has 0 saturated heterocycles. The summed E-state index contributed by atoms with van der Waals surface area (Å²) in [4.78, 5) is 30.1. The van der Waals surface area contributed by atoms with E-state index in [4.69, 9.17) is 9.15 Å². The van der Waals surface area contributed by atoms with Crippen LogP contribution < -0.4 is 15.6 Å². The molecule has 31 heavy (non-hydrogen) atoms. The number of fused-ring (bicyclic) bond motifs is 1. The summed E-state index contributed by atoms with van der Waals surface area (Å²) < 4.78 is 11.0. The van der Waals surface area contributed by atoms with Crippen LogP contribution in [-0.4, -0.2) is 22.5 Å². The van der Waals surface area contributed by atoms with Crippen LogP contribution in [0.2, 0.25) is 0 Å². The number of aromatic nitrogens is 1. The molecule has 0 aliphatic heterocycles. The number of ether oxygens (including phenoxy) is 1. The third-order valence-corrected chi connectivity index (χ3v) is 4.80. The van der Waals surface area contributed by atoms with E-state index in [1.165, 1.54) is 4.90 Å². The number of urea groups is 1. The Bertz CT molecular complexity index is 1220. The zero-order valence-corrected chi connectivity index (χ0v) is 17.1. The fourth-order valence-corrected chi connectivity index (χ4v) is 3.32. The van der Waals surface area contributed by atoms with Crippen molar-refractivity contribution in [3.05, 3.63) is 94.7 Å². The molecule has 2 amide bonds. The highest BCUT2D eigenvalue weighted by Gasteiger charge is 2.18. The van der Waals surface area contributed by atoms with E-state index >= 15 is 0 Å². The second-order valence-corrected chi connectivity index (χ2v) is 7.04. The topological polar surface area (TPSA) is 87.6 Å². The summed E-state index contributed by atoms with van der Waals surface area (Å²) in [5.41, 5.74) is 1.61. The Balaban J connectivity index is 1.63. The Morgan fingerprint density at radius 2 is 1.90 bits per heavy atom. The Morgan fingerprint density at radius 3 is 2.65 bits per heavy atom. The van der Waals surface area contributed by atoms with Gasteiger partial charge in [-0.2, -0.15) is 0 Å². The van der Waals surface area contributed by atoms with Crippen LogP contribution in [0.1, 0.15) is 18.2 Å². The number of para-hydroxylation sites is 1. The van der Waals surface area contributed by atoms with Gasteiger partial charge in [0, 0.05) is 22.2 Å². The first-order valence-corrected chi connectivity index (χ1v) is 10.0. The van der Waals surface area contributed by atoms with Crippen LogP contribution in [0.3, 0.4) is 0 Å². The van der Waals surface area contributed by atoms with Crippen molar-refractivity contribution in [3.63, 3.8) is 0 Å². The highest BCUT2D eigenvalue weighted by molar-refractivity contribution is 5.89. The van der Waals surface area contributed by atoms with E-state index in [0.29, 0.717) is 29.1 Å². The smallest absolute Gasteiger partial charge is 0.322 e. The monoisotopic (exact) mass is 417 g/mol. The summed E-state index contributed by atoms with van der Waals surface area (Å²) in [6.07, 6.45) is 1.56. The molecular formula is C24H23N3O4. The van der Waals surface area contributed by atoms with Crippen LogP contribution in [0.5, 0.6) is 5.75 Å². The highest BCUT2D eigenvalue weighted by atomic mass is 16.5. The lowest BCUT2D eigenvalue weighted by atomic mass is 10.1. The van der Waals surface area contributed by atoms with Crippen LogP contribution in [0, 0.1) is 0 Å². The molecule has 0 radical (unpaired) electrons. The first-order chi connectivity index (χ1) is 15.1. The Hall–Kier alpha value is -4.00. The molecule has 2 aromatic carbocycles. The quantitative estimate of drug-likeness (QED) is 0.454. The molecule has 2 aromatic heterocycles. The van der Waals surface area contributed by atoms with Crippen molar-refractivity contribution in [2.24, 2.45) is 0 Å². The molecule has 7 nitrogen and oxygen atoms in total. The molecular weight excluding hydrogens is 394 g/mol. The number of pyridine rings is 1. The zero-order chi connectivity index (χ0) is 21.6. The van der Waals surface area contributed by atoms with Crippen molar-refractivity contribution in [2.75, 3.05) is 11.9 Å². The number of hydrogen-bond acceptors (Lipinski definition) is 4. The number of hydrogen-bond donors (Lipinski definition) is 2. The number of amides is 2. The molecule has 2 heterocycles. The molecule has 4 rings (SSSR count). The summed E-state index contributed by atoms with van der Waals surface area (Å²) in [5.74, 6) is 1.35. The third-order valence-electron chi connectivity index (χ3n) is 4.80. The van der Waals surface area contributed by atoms with E-state index in [9.17, 15) is 9.59 Å². The molecule has 4 aromatic rings. The van der Waals surface area contributed by atoms with Crippen LogP contribution in [0.4, 0.5) is 10.5 Å². The van der Waals surface area contributed by atoms with Gasteiger partial charge in [0.25, 0.3) is 5.56 Å². The minimum Gasteiger partial charge on any atom is -0.494 e. The van der Waals surface area contributed by atoms with E-state index in [1.807, 2.05) is 43.3 Å². The van der Waals surface area contributed by atoms with Gasteiger partial charge in [0.15, 0.2) is 0 Å². The number of carbonyl (C=O) groups is 1. The number of furan rings is 1. The molecule has 0 atom stereocenters. The van der Waals surface area contributed by atoms with Gasteiger partial charge in [0.1, 0.15) is 11.5 Å². The van der Waals surface area contributed by atoms with Gasteiger partial charge in [0.2, 0.25) is 0 Å². The van der Waals surface area contributed by atoms with Gasteiger partial charge in [-0.05, 0) is 55.5 Å². The minimum atomic E-state index is -0.329. The minimum absolute atomic E-state index is 0.115. The lowest BCUT2D eigenvalue weighted by Gasteiger charge is -2.22. The van der Waals surface area contributed by atoms with Crippen molar-refractivity contribution < 1.29 is 13.9 Å². The number of nitrogens with zero attached hydrogens (tertiary/aromatic N) is 1. The maximum Gasteiger partial charge on any atom is 0.322 e. The fourth-order valence-electron chi connectivity index (χ4n) is 3.32. The predicted molar refractivity (Wildman–Crippen MR) is 119 cm³/mol. The number of nitrogens with one attached hydrogen (secondary N) is 2. The van der Waals surface area contributed by atoms with Crippen molar-refractivity contribution in [3.8, 4) is 5.75 Å². The second-order valence-electron chi connectivity index (χ2n) is 7.04. The summed E-state index contributed by atoms with van der Waals surface area (Å²) >= 11 is 0. The van der Waals surface area contributed by atoms with Crippen LogP contribution in [0.25, 0.3) is 10.9 Å². The summed E-state index contributed by atoms with van der Waals surface area (Å²) in [6.45, 7) is 2.81. The van der Waals surface area contributed by atoms with Gasteiger partial charge in [-0.1, -0.05) is 18.2 Å². The molecule has 0 aliphatic rings. The van der Waals surface area contributed by atoms with Gasteiger partial charge in [-0.15, -0.1) is 0 Å². The average molecular weight is 417 g/mol. The fraction of sp³-hybridized carbons (Fsp3) is 0.167. The molecule has 0 bridgehead atoms. The lowest BCUT2D eigenvalue weighted by Crippen LogP contribution is -2.35. The van der Waals surface area contributed by atoms with Crippen molar-refractivity contribution in [2.45, 2.75) is 20.0 Å². The van der Waals surface area contributed by atoms with E-state index in [2.05, 4.69) is 10.3 Å². The van der Waals surface area contributed by atoms with Crippen molar-refractivity contribution in [1.29, 1.82) is 0 Å². The number of carbonyl (C=O) groups excluding carboxylic acids is 1. The first kappa shape index (κ1) is 20.3. The number of anilines is 1. The maximum atomic E-state index is 13.0. The molecule has 0 saturated carbocycles. The van der Waals surface area contributed by atoms with Gasteiger partial charge in [0.05, 0.1) is 26.0 Å². The molecule has 158 valence electrons. The van der Waals surface area contributed by atoms with Crippen LogP contribution in [0.15, 0.2) is 82.2 Å². The highest BCUT2D eigenvalue weighted by Crippen LogP contribution is 2.20. The Kier molecular flexibility index (Phi) is 6.03. The normalized spacial score (nSPS) is 10.7.